The van der Waals surface area contributed by atoms with Gasteiger partial charge in [0.1, 0.15) is 0 Å². The molecular formula is C44H91NO4. The molecule has 5 nitrogen and oxygen atoms in total. The molecule has 0 saturated heterocycles. The Morgan fingerprint density at radius 1 is 0.347 bits per heavy atom. The summed E-state index contributed by atoms with van der Waals surface area (Å²) in [6.07, 6.45) is 48.4. The molecule has 5 heteroatoms. The molecule has 0 aliphatic rings. The van der Waals surface area contributed by atoms with Crippen molar-refractivity contribution in [3.05, 3.63) is 0 Å². The number of carboxylic acid groups (broad SMARTS) is 1. The summed E-state index contributed by atoms with van der Waals surface area (Å²) < 4.78 is 0. The van der Waals surface area contributed by atoms with E-state index in [-0.39, 0.29) is 13.2 Å². The van der Waals surface area contributed by atoms with Crippen molar-refractivity contribution in [2.45, 2.75) is 245 Å². The highest BCUT2D eigenvalue weighted by molar-refractivity contribution is 5.66. The lowest BCUT2D eigenvalue weighted by Crippen LogP contribution is -2.30. The van der Waals surface area contributed by atoms with E-state index >= 15 is 0 Å². The van der Waals surface area contributed by atoms with E-state index in [0.29, 0.717) is 19.5 Å². The fourth-order valence-corrected chi connectivity index (χ4v) is 6.86. The van der Waals surface area contributed by atoms with Gasteiger partial charge >= 0.3 is 5.97 Å². The van der Waals surface area contributed by atoms with E-state index in [1.807, 2.05) is 0 Å². The maximum absolute atomic E-state index is 10.4. The van der Waals surface area contributed by atoms with Crippen molar-refractivity contribution in [1.29, 1.82) is 0 Å². The molecule has 0 rings (SSSR count). The summed E-state index contributed by atoms with van der Waals surface area (Å²) in [6.45, 7) is 7.35. The molecule has 0 spiro atoms. The highest BCUT2D eigenvalue weighted by Crippen LogP contribution is 2.16. The Balaban J connectivity index is 0. The summed E-state index contributed by atoms with van der Waals surface area (Å²) in [5.74, 6) is -0.651. The molecule has 0 aliphatic heterocycles. The maximum Gasteiger partial charge on any atom is 0.303 e. The molecule has 0 heterocycles. The Labute approximate surface area is 308 Å². The van der Waals surface area contributed by atoms with E-state index in [1.165, 1.54) is 212 Å². The fraction of sp³-hybridized carbons (Fsp3) is 0.977. The minimum atomic E-state index is -0.651. The number of aliphatic hydroxyl groups is 2. The van der Waals surface area contributed by atoms with Crippen LogP contribution in [0, 0.1) is 0 Å². The monoisotopic (exact) mass is 698 g/mol. The smallest absolute Gasteiger partial charge is 0.303 e. The number of nitrogens with zero attached hydrogens (tertiary/aromatic N) is 1. The summed E-state index contributed by atoms with van der Waals surface area (Å²) >= 11 is 0. The van der Waals surface area contributed by atoms with Crippen LogP contribution in [0.2, 0.25) is 0 Å². The molecule has 0 bridgehead atoms. The molecular weight excluding hydrogens is 606 g/mol. The Morgan fingerprint density at radius 2 is 0.571 bits per heavy atom. The Morgan fingerprint density at radius 3 is 0.796 bits per heavy atom. The number of carbonyl (C=O) groups is 1. The standard InChI is InChI=1S/C22H47NO2.C22H44O2/c1-2-3-4-5-6-7-8-9-10-11-12-13-14-15-16-17-18-23(19-21-24)20-22-25;1-2-3-4-5-6-7-8-9-10-11-12-13-14-15-16-17-18-19-20-21-22(23)24/h24-25H,2-22H2,1H3;2-21H2,1H3,(H,23,24). The second kappa shape index (κ2) is 47.4. The van der Waals surface area contributed by atoms with Crippen LogP contribution in [0.25, 0.3) is 0 Å². The molecule has 0 aliphatic carbocycles. The average Bonchev–Trinajstić information content (AvgIpc) is 3.09. The Kier molecular flexibility index (Phi) is 48.8. The van der Waals surface area contributed by atoms with Crippen molar-refractivity contribution < 1.29 is 20.1 Å². The molecule has 0 aromatic carbocycles. The second-order valence-electron chi connectivity index (χ2n) is 15.1. The van der Waals surface area contributed by atoms with Crippen molar-refractivity contribution in [1.82, 2.24) is 4.90 Å². The Hall–Kier alpha value is -0.650. The van der Waals surface area contributed by atoms with Gasteiger partial charge in [0.15, 0.2) is 0 Å². The van der Waals surface area contributed by atoms with Crippen LogP contribution in [0.15, 0.2) is 0 Å². The third-order valence-corrected chi connectivity index (χ3v) is 10.2. The van der Waals surface area contributed by atoms with Crippen LogP contribution >= 0.6 is 0 Å². The Bertz CT molecular complexity index is 581. The van der Waals surface area contributed by atoms with Crippen molar-refractivity contribution in [2.75, 3.05) is 32.8 Å². The van der Waals surface area contributed by atoms with Crippen molar-refractivity contribution in [2.24, 2.45) is 0 Å². The third kappa shape index (κ3) is 49.5. The summed E-state index contributed by atoms with van der Waals surface area (Å²) in [4.78, 5) is 12.5. The van der Waals surface area contributed by atoms with Gasteiger partial charge in [-0.25, -0.2) is 0 Å². The number of rotatable bonds is 41. The van der Waals surface area contributed by atoms with Crippen molar-refractivity contribution in [3.63, 3.8) is 0 Å². The number of aliphatic hydroxyl groups excluding tert-OH is 2. The van der Waals surface area contributed by atoms with E-state index in [9.17, 15) is 4.79 Å². The van der Waals surface area contributed by atoms with Gasteiger partial charge in [-0.15, -0.1) is 0 Å². The molecule has 0 radical (unpaired) electrons. The predicted molar refractivity (Wildman–Crippen MR) is 216 cm³/mol. The summed E-state index contributed by atoms with van der Waals surface area (Å²) in [7, 11) is 0. The number of hydrogen-bond donors (Lipinski definition) is 3. The molecule has 0 aromatic heterocycles. The van der Waals surface area contributed by atoms with Gasteiger partial charge in [0.05, 0.1) is 13.2 Å². The van der Waals surface area contributed by atoms with Crippen LogP contribution in [-0.2, 0) is 4.79 Å². The number of carboxylic acids is 1. The van der Waals surface area contributed by atoms with Gasteiger partial charge in [-0.3, -0.25) is 9.69 Å². The zero-order valence-electron chi connectivity index (χ0n) is 33.7. The molecule has 0 aromatic rings. The van der Waals surface area contributed by atoms with E-state index in [2.05, 4.69) is 18.7 Å². The normalized spacial score (nSPS) is 11.3. The lowest BCUT2D eigenvalue weighted by molar-refractivity contribution is -0.137. The summed E-state index contributed by atoms with van der Waals surface area (Å²) in [5, 5.41) is 26.5. The molecule has 0 saturated carbocycles. The molecule has 49 heavy (non-hydrogen) atoms. The lowest BCUT2D eigenvalue weighted by atomic mass is 10.0. The van der Waals surface area contributed by atoms with Crippen LogP contribution in [-0.4, -0.2) is 59.0 Å². The fourth-order valence-electron chi connectivity index (χ4n) is 6.86. The molecule has 0 atom stereocenters. The van der Waals surface area contributed by atoms with Gasteiger partial charge < -0.3 is 15.3 Å². The highest BCUT2D eigenvalue weighted by Gasteiger charge is 2.03. The van der Waals surface area contributed by atoms with Crippen molar-refractivity contribution in [3.8, 4) is 0 Å². The maximum atomic E-state index is 10.4. The van der Waals surface area contributed by atoms with Gasteiger partial charge in [-0.1, -0.05) is 226 Å². The molecule has 0 amide bonds. The zero-order valence-corrected chi connectivity index (χ0v) is 33.7. The first kappa shape index (κ1) is 50.5. The second-order valence-corrected chi connectivity index (χ2v) is 15.1. The van der Waals surface area contributed by atoms with E-state index < -0.39 is 5.97 Å². The quantitative estimate of drug-likeness (QED) is 0.0554. The van der Waals surface area contributed by atoms with Crippen molar-refractivity contribution >= 4 is 5.97 Å². The molecule has 0 unspecified atom stereocenters. The summed E-state index contributed by atoms with van der Waals surface area (Å²) in [5.41, 5.74) is 0. The highest BCUT2D eigenvalue weighted by atomic mass is 16.4. The van der Waals surface area contributed by atoms with Gasteiger partial charge in [-0.05, 0) is 19.4 Å². The third-order valence-electron chi connectivity index (χ3n) is 10.2. The average molecular weight is 698 g/mol. The minimum absolute atomic E-state index is 0.193. The molecule has 0 fully saturated rings. The van der Waals surface area contributed by atoms with Gasteiger partial charge in [0.2, 0.25) is 0 Å². The van der Waals surface area contributed by atoms with Crippen LogP contribution in [0.5, 0.6) is 0 Å². The molecule has 296 valence electrons. The van der Waals surface area contributed by atoms with E-state index in [0.717, 1.165) is 19.4 Å². The largest absolute Gasteiger partial charge is 0.481 e. The summed E-state index contributed by atoms with van der Waals surface area (Å²) in [6, 6.07) is 0. The van der Waals surface area contributed by atoms with Crippen LogP contribution in [0.3, 0.4) is 0 Å². The van der Waals surface area contributed by atoms with Crippen LogP contribution in [0.1, 0.15) is 245 Å². The van der Waals surface area contributed by atoms with Gasteiger partial charge in [0, 0.05) is 19.5 Å². The van der Waals surface area contributed by atoms with E-state index in [4.69, 9.17) is 15.3 Å². The number of hydrogen-bond acceptors (Lipinski definition) is 4. The van der Waals surface area contributed by atoms with Gasteiger partial charge in [-0.2, -0.15) is 0 Å². The lowest BCUT2D eigenvalue weighted by Gasteiger charge is -2.19. The SMILES string of the molecule is CCCCCCCCCCCCCCCCCCCCCC(=O)O.CCCCCCCCCCCCCCCCCCN(CCO)CCO. The minimum Gasteiger partial charge on any atom is -0.481 e. The van der Waals surface area contributed by atoms with Gasteiger partial charge in [0.25, 0.3) is 0 Å². The van der Waals surface area contributed by atoms with Crippen LogP contribution < -0.4 is 0 Å². The first-order chi connectivity index (χ1) is 24.1. The first-order valence-corrected chi connectivity index (χ1v) is 22.3. The number of unbranched alkanes of at least 4 members (excludes halogenated alkanes) is 33. The molecule has 3 N–H and O–H groups in total. The van der Waals surface area contributed by atoms with Crippen LogP contribution in [0.4, 0.5) is 0 Å². The first-order valence-electron chi connectivity index (χ1n) is 22.3. The topological polar surface area (TPSA) is 81.0 Å². The van der Waals surface area contributed by atoms with E-state index in [1.54, 1.807) is 0 Å². The predicted octanol–water partition coefficient (Wildman–Crippen LogP) is 13.4. The zero-order chi connectivity index (χ0) is 36.1. The number of aliphatic carboxylic acids is 1.